The number of benzene rings is 1. The Morgan fingerprint density at radius 3 is 2.88 bits per heavy atom. The number of likely N-dealkylation sites (N-methyl/N-ethyl adjacent to an activating group) is 1. The third-order valence-corrected chi connectivity index (χ3v) is 3.00. The number of anilines is 1. The highest BCUT2D eigenvalue weighted by molar-refractivity contribution is 6.33. The van der Waals surface area contributed by atoms with E-state index in [-0.39, 0.29) is 17.8 Å². The van der Waals surface area contributed by atoms with Crippen LogP contribution >= 0.6 is 11.6 Å². The molecule has 1 heterocycles. The third kappa shape index (κ3) is 2.11. The maximum atomic E-state index is 12.8. The highest BCUT2D eigenvalue weighted by atomic mass is 35.5. The van der Waals surface area contributed by atoms with E-state index in [0.717, 1.165) is 13.0 Å². The van der Waals surface area contributed by atoms with E-state index in [1.807, 2.05) is 0 Å². The lowest BCUT2D eigenvalue weighted by Gasteiger charge is -2.14. The molecule has 3 nitrogen and oxygen atoms in total. The lowest BCUT2D eigenvalue weighted by atomic mass is 10.2. The van der Waals surface area contributed by atoms with Gasteiger partial charge >= 0.3 is 0 Å². The van der Waals surface area contributed by atoms with Crippen LogP contribution in [0.2, 0.25) is 5.02 Å². The molecule has 1 aliphatic rings. The first-order valence-corrected chi connectivity index (χ1v) is 5.42. The normalized spacial score (nSPS) is 20.3. The van der Waals surface area contributed by atoms with Crippen molar-refractivity contribution in [3.8, 4) is 0 Å². The van der Waals surface area contributed by atoms with Gasteiger partial charge in [-0.2, -0.15) is 0 Å². The summed E-state index contributed by atoms with van der Waals surface area (Å²) in [4.78, 5) is 13.3. The van der Waals surface area contributed by atoms with Crippen molar-refractivity contribution in [3.05, 3.63) is 29.0 Å². The average Bonchev–Trinajstić information content (AvgIpc) is 2.54. The van der Waals surface area contributed by atoms with Crippen LogP contribution in [-0.4, -0.2) is 30.4 Å². The van der Waals surface area contributed by atoms with E-state index < -0.39 is 0 Å². The van der Waals surface area contributed by atoms with Crippen LogP contribution in [0.4, 0.5) is 10.1 Å². The molecule has 16 heavy (non-hydrogen) atoms. The number of nitrogens with one attached hydrogen (secondary N) is 1. The second kappa shape index (κ2) is 4.29. The molecule has 1 aliphatic heterocycles. The van der Waals surface area contributed by atoms with Crippen molar-refractivity contribution in [2.24, 2.45) is 0 Å². The van der Waals surface area contributed by atoms with Crippen LogP contribution in [0.1, 0.15) is 6.42 Å². The van der Waals surface area contributed by atoms with E-state index in [0.29, 0.717) is 10.7 Å². The summed E-state index contributed by atoms with van der Waals surface area (Å²) >= 11 is 5.86. The molecule has 1 fully saturated rings. The lowest BCUT2D eigenvalue weighted by Crippen LogP contribution is -2.31. The van der Waals surface area contributed by atoms with Crippen molar-refractivity contribution in [2.75, 3.05) is 18.9 Å². The highest BCUT2D eigenvalue weighted by Crippen LogP contribution is 2.25. The van der Waals surface area contributed by atoms with Gasteiger partial charge in [0.05, 0.1) is 10.7 Å². The fraction of sp³-hybridized carbons (Fsp3) is 0.364. The molecule has 1 unspecified atom stereocenters. The predicted molar refractivity (Wildman–Crippen MR) is 61.1 cm³/mol. The number of amides is 1. The Kier molecular flexibility index (Phi) is 3.01. The van der Waals surface area contributed by atoms with Crippen LogP contribution in [0.3, 0.4) is 0 Å². The van der Waals surface area contributed by atoms with Gasteiger partial charge in [0.25, 0.3) is 0 Å². The first-order valence-electron chi connectivity index (χ1n) is 5.04. The monoisotopic (exact) mass is 242 g/mol. The molecule has 0 aliphatic carbocycles. The molecule has 1 saturated heterocycles. The standard InChI is InChI=1S/C11H12ClFN2O/c1-15-5-4-10(11(15)16)14-9-3-2-7(13)6-8(9)12/h2-3,6,10,14H,4-5H2,1H3. The summed E-state index contributed by atoms with van der Waals surface area (Å²) in [6.45, 7) is 0.731. The van der Waals surface area contributed by atoms with E-state index in [1.165, 1.54) is 12.1 Å². The molecule has 1 N–H and O–H groups in total. The van der Waals surface area contributed by atoms with Crippen LogP contribution in [0.15, 0.2) is 18.2 Å². The largest absolute Gasteiger partial charge is 0.372 e. The zero-order chi connectivity index (χ0) is 11.7. The molecule has 0 saturated carbocycles. The van der Waals surface area contributed by atoms with Crippen LogP contribution in [0.5, 0.6) is 0 Å². The van der Waals surface area contributed by atoms with E-state index in [4.69, 9.17) is 11.6 Å². The summed E-state index contributed by atoms with van der Waals surface area (Å²) in [5, 5.41) is 3.32. The van der Waals surface area contributed by atoms with Crippen LogP contribution in [-0.2, 0) is 4.79 Å². The number of hydrogen-bond acceptors (Lipinski definition) is 2. The number of halogens is 2. The summed E-state index contributed by atoms with van der Waals surface area (Å²) < 4.78 is 12.8. The van der Waals surface area contributed by atoms with Gasteiger partial charge in [0, 0.05) is 13.6 Å². The molecule has 2 rings (SSSR count). The van der Waals surface area contributed by atoms with Crippen LogP contribution in [0.25, 0.3) is 0 Å². The second-order valence-corrected chi connectivity index (χ2v) is 4.28. The van der Waals surface area contributed by atoms with Gasteiger partial charge in [0.2, 0.25) is 5.91 Å². The Morgan fingerprint density at radius 1 is 1.56 bits per heavy atom. The molecule has 1 atom stereocenters. The topological polar surface area (TPSA) is 32.3 Å². The molecule has 0 bridgehead atoms. The number of hydrogen-bond donors (Lipinski definition) is 1. The number of rotatable bonds is 2. The number of nitrogens with zero attached hydrogens (tertiary/aromatic N) is 1. The zero-order valence-corrected chi connectivity index (χ0v) is 9.59. The Bertz CT molecular complexity index is 424. The van der Waals surface area contributed by atoms with Crippen molar-refractivity contribution in [2.45, 2.75) is 12.5 Å². The molecule has 1 aromatic carbocycles. The summed E-state index contributed by atoms with van der Waals surface area (Å²) in [5.74, 6) is -0.342. The summed E-state index contributed by atoms with van der Waals surface area (Å²) in [5.41, 5.74) is 0.594. The van der Waals surface area contributed by atoms with Crippen molar-refractivity contribution in [1.82, 2.24) is 4.90 Å². The van der Waals surface area contributed by atoms with E-state index in [1.54, 1.807) is 18.0 Å². The summed E-state index contributed by atoms with van der Waals surface area (Å²) in [6, 6.07) is 3.83. The minimum absolute atomic E-state index is 0.0420. The molecular formula is C11H12ClFN2O. The molecule has 5 heteroatoms. The van der Waals surface area contributed by atoms with Crippen molar-refractivity contribution in [1.29, 1.82) is 0 Å². The highest BCUT2D eigenvalue weighted by Gasteiger charge is 2.29. The van der Waals surface area contributed by atoms with E-state index >= 15 is 0 Å². The van der Waals surface area contributed by atoms with E-state index in [9.17, 15) is 9.18 Å². The van der Waals surface area contributed by atoms with Crippen LogP contribution in [0, 0.1) is 5.82 Å². The van der Waals surface area contributed by atoms with Gasteiger partial charge in [-0.3, -0.25) is 4.79 Å². The lowest BCUT2D eigenvalue weighted by molar-refractivity contribution is -0.127. The van der Waals surface area contributed by atoms with Crippen molar-refractivity contribution in [3.63, 3.8) is 0 Å². The molecule has 1 aromatic rings. The predicted octanol–water partition coefficient (Wildman–Crippen LogP) is 2.12. The Balaban J connectivity index is 2.12. The molecule has 1 amide bonds. The number of carbonyl (C=O) groups excluding carboxylic acids is 1. The maximum Gasteiger partial charge on any atom is 0.244 e. The average molecular weight is 243 g/mol. The summed E-state index contributed by atoms with van der Waals surface area (Å²) in [7, 11) is 1.76. The smallest absolute Gasteiger partial charge is 0.244 e. The third-order valence-electron chi connectivity index (χ3n) is 2.69. The molecule has 0 radical (unpaired) electrons. The van der Waals surface area contributed by atoms with Crippen LogP contribution < -0.4 is 5.32 Å². The first-order chi connectivity index (χ1) is 7.58. The Morgan fingerprint density at radius 2 is 2.31 bits per heavy atom. The van der Waals surface area contributed by atoms with Gasteiger partial charge in [-0.15, -0.1) is 0 Å². The van der Waals surface area contributed by atoms with Gasteiger partial charge in [-0.1, -0.05) is 11.6 Å². The number of likely N-dealkylation sites (tertiary alicyclic amines) is 1. The van der Waals surface area contributed by atoms with Gasteiger partial charge < -0.3 is 10.2 Å². The molecule has 0 spiro atoms. The molecule has 86 valence electrons. The minimum atomic E-state index is -0.384. The Labute approximate surface area is 98.2 Å². The molecular weight excluding hydrogens is 231 g/mol. The summed E-state index contributed by atoms with van der Waals surface area (Å²) in [6.07, 6.45) is 0.739. The zero-order valence-electron chi connectivity index (χ0n) is 8.84. The van der Waals surface area contributed by atoms with Crippen molar-refractivity contribution >= 4 is 23.2 Å². The van der Waals surface area contributed by atoms with Gasteiger partial charge in [-0.05, 0) is 24.6 Å². The molecule has 0 aromatic heterocycles. The first kappa shape index (κ1) is 11.2. The second-order valence-electron chi connectivity index (χ2n) is 3.87. The van der Waals surface area contributed by atoms with Gasteiger partial charge in [0.1, 0.15) is 11.9 Å². The van der Waals surface area contributed by atoms with Gasteiger partial charge in [0.15, 0.2) is 0 Å². The van der Waals surface area contributed by atoms with Crippen molar-refractivity contribution < 1.29 is 9.18 Å². The number of carbonyl (C=O) groups is 1. The maximum absolute atomic E-state index is 12.8. The fourth-order valence-corrected chi connectivity index (χ4v) is 1.97. The quantitative estimate of drug-likeness (QED) is 0.862. The minimum Gasteiger partial charge on any atom is -0.372 e. The van der Waals surface area contributed by atoms with E-state index in [2.05, 4.69) is 5.32 Å². The van der Waals surface area contributed by atoms with Gasteiger partial charge in [-0.25, -0.2) is 4.39 Å². The Hall–Kier alpha value is -1.29. The fourth-order valence-electron chi connectivity index (χ4n) is 1.75. The SMILES string of the molecule is CN1CCC(Nc2ccc(F)cc2Cl)C1=O.